The number of carbonyl (C=O) groups excluding carboxylic acids is 1. The molecule has 0 aromatic heterocycles. The van der Waals surface area contributed by atoms with Gasteiger partial charge in [-0.3, -0.25) is 4.79 Å². The van der Waals surface area contributed by atoms with E-state index in [1.54, 1.807) is 0 Å². The normalized spacial score (nSPS) is 26.2. The maximum atomic E-state index is 12.6. The van der Waals surface area contributed by atoms with Crippen LogP contribution >= 0.6 is 0 Å². The molecule has 0 unspecified atom stereocenters. The van der Waals surface area contributed by atoms with Crippen LogP contribution in [0.25, 0.3) is 0 Å². The highest BCUT2D eigenvalue weighted by atomic mass is 16.5. The molecule has 2 saturated heterocycles. The Balaban J connectivity index is 1.52. The van der Waals surface area contributed by atoms with Gasteiger partial charge < -0.3 is 15.0 Å². The maximum Gasteiger partial charge on any atom is 0.242 e. The van der Waals surface area contributed by atoms with E-state index in [4.69, 9.17) is 4.74 Å². The molecule has 2 fully saturated rings. The summed E-state index contributed by atoms with van der Waals surface area (Å²) in [6.07, 6.45) is 4.09. The molecule has 1 aromatic rings. The van der Waals surface area contributed by atoms with E-state index < -0.39 is 0 Å². The van der Waals surface area contributed by atoms with Crippen molar-refractivity contribution >= 4 is 5.91 Å². The van der Waals surface area contributed by atoms with E-state index in [2.05, 4.69) is 24.4 Å². The smallest absolute Gasteiger partial charge is 0.242 e. The van der Waals surface area contributed by atoms with E-state index in [1.165, 1.54) is 5.56 Å². The van der Waals surface area contributed by atoms with Gasteiger partial charge in [-0.15, -0.1) is 0 Å². The van der Waals surface area contributed by atoms with Crippen LogP contribution in [-0.2, 0) is 4.79 Å². The Labute approximate surface area is 132 Å². The van der Waals surface area contributed by atoms with Crippen LogP contribution in [0.3, 0.4) is 0 Å². The second kappa shape index (κ2) is 6.29. The molecule has 0 radical (unpaired) electrons. The Morgan fingerprint density at radius 1 is 1.27 bits per heavy atom. The minimum Gasteiger partial charge on any atom is -0.490 e. The summed E-state index contributed by atoms with van der Waals surface area (Å²) in [7, 11) is 0. The van der Waals surface area contributed by atoms with E-state index in [0.29, 0.717) is 0 Å². The zero-order chi connectivity index (χ0) is 15.6. The van der Waals surface area contributed by atoms with E-state index >= 15 is 0 Å². The Morgan fingerprint density at radius 3 is 2.55 bits per heavy atom. The third-order valence-electron chi connectivity index (χ3n) is 4.89. The largest absolute Gasteiger partial charge is 0.490 e. The Hall–Kier alpha value is -1.55. The second-order valence-corrected chi connectivity index (χ2v) is 6.78. The topological polar surface area (TPSA) is 41.6 Å². The van der Waals surface area contributed by atoms with Crippen molar-refractivity contribution < 1.29 is 9.53 Å². The number of nitrogens with one attached hydrogen (secondary N) is 1. The van der Waals surface area contributed by atoms with Crippen molar-refractivity contribution in [2.45, 2.75) is 51.2 Å². The molecular weight excluding hydrogens is 276 g/mol. The number of amides is 1. The third-order valence-corrected chi connectivity index (χ3v) is 4.89. The molecule has 2 heterocycles. The maximum absolute atomic E-state index is 12.6. The van der Waals surface area contributed by atoms with Gasteiger partial charge in [0.2, 0.25) is 5.91 Å². The van der Waals surface area contributed by atoms with Crippen molar-refractivity contribution in [3.8, 4) is 5.75 Å². The molecule has 4 heteroatoms. The summed E-state index contributed by atoms with van der Waals surface area (Å²) in [5.74, 6) is 1.19. The zero-order valence-corrected chi connectivity index (χ0v) is 13.6. The molecule has 1 N–H and O–H groups in total. The molecule has 3 rings (SSSR count). The van der Waals surface area contributed by atoms with E-state index in [-0.39, 0.29) is 17.6 Å². The van der Waals surface area contributed by atoms with Crippen LogP contribution in [0.2, 0.25) is 0 Å². The van der Waals surface area contributed by atoms with Gasteiger partial charge in [0.05, 0.1) is 5.54 Å². The number of piperidine rings is 1. The van der Waals surface area contributed by atoms with Gasteiger partial charge >= 0.3 is 0 Å². The summed E-state index contributed by atoms with van der Waals surface area (Å²) in [6.45, 7) is 6.66. The Kier molecular flexibility index (Phi) is 4.39. The molecule has 2 aliphatic heterocycles. The quantitative estimate of drug-likeness (QED) is 0.933. The van der Waals surface area contributed by atoms with E-state index in [1.807, 2.05) is 24.0 Å². The standard InChI is InChI=1S/C18H26N2O2/c1-14-4-6-15(7-5-14)22-16-8-12-20(13-9-16)17(21)18(2)10-3-11-19-18/h4-7,16,19H,3,8-13H2,1-2H3/t18-/m1/s1. The van der Waals surface area contributed by atoms with Gasteiger partial charge in [0.1, 0.15) is 11.9 Å². The molecule has 0 spiro atoms. The molecule has 1 atom stereocenters. The van der Waals surface area contributed by atoms with Gasteiger partial charge in [0.15, 0.2) is 0 Å². The van der Waals surface area contributed by atoms with Crippen LogP contribution in [0.15, 0.2) is 24.3 Å². The van der Waals surface area contributed by atoms with Crippen molar-refractivity contribution in [1.82, 2.24) is 10.2 Å². The molecule has 2 aliphatic rings. The Bertz CT molecular complexity index is 512. The van der Waals surface area contributed by atoms with Crippen molar-refractivity contribution in [2.24, 2.45) is 0 Å². The zero-order valence-electron chi connectivity index (χ0n) is 13.6. The lowest BCUT2D eigenvalue weighted by Gasteiger charge is -2.37. The molecule has 1 aromatic carbocycles. The first kappa shape index (κ1) is 15.3. The summed E-state index contributed by atoms with van der Waals surface area (Å²) in [4.78, 5) is 14.7. The number of likely N-dealkylation sites (tertiary alicyclic amines) is 1. The predicted molar refractivity (Wildman–Crippen MR) is 87.1 cm³/mol. The summed E-state index contributed by atoms with van der Waals surface area (Å²) in [5, 5.41) is 3.36. The van der Waals surface area contributed by atoms with Crippen LogP contribution in [0.1, 0.15) is 38.2 Å². The highest BCUT2D eigenvalue weighted by Crippen LogP contribution is 2.25. The van der Waals surface area contributed by atoms with Crippen LogP contribution < -0.4 is 10.1 Å². The number of carbonyl (C=O) groups is 1. The number of nitrogens with zero attached hydrogens (tertiary/aromatic N) is 1. The van der Waals surface area contributed by atoms with Gasteiger partial charge in [0.25, 0.3) is 0 Å². The molecule has 1 amide bonds. The number of aryl methyl sites for hydroxylation is 1. The second-order valence-electron chi connectivity index (χ2n) is 6.78. The van der Waals surface area contributed by atoms with Crippen molar-refractivity contribution in [2.75, 3.05) is 19.6 Å². The number of hydrogen-bond donors (Lipinski definition) is 1. The van der Waals surface area contributed by atoms with Crippen LogP contribution in [0, 0.1) is 6.92 Å². The lowest BCUT2D eigenvalue weighted by Crippen LogP contribution is -2.55. The average molecular weight is 302 g/mol. The van der Waals surface area contributed by atoms with Gasteiger partial charge in [-0.2, -0.15) is 0 Å². The van der Waals surface area contributed by atoms with E-state index in [0.717, 1.165) is 51.1 Å². The minimum absolute atomic E-state index is 0.219. The van der Waals surface area contributed by atoms with Crippen molar-refractivity contribution in [3.05, 3.63) is 29.8 Å². The SMILES string of the molecule is Cc1ccc(OC2CCN(C(=O)[C@@]3(C)CCCN3)CC2)cc1. The van der Waals surface area contributed by atoms with E-state index in [9.17, 15) is 4.79 Å². The average Bonchev–Trinajstić information content (AvgIpc) is 2.98. The van der Waals surface area contributed by atoms with Crippen LogP contribution in [0.4, 0.5) is 0 Å². The monoisotopic (exact) mass is 302 g/mol. The minimum atomic E-state index is -0.343. The molecule has 0 bridgehead atoms. The third kappa shape index (κ3) is 3.27. The van der Waals surface area contributed by atoms with Gasteiger partial charge in [-0.25, -0.2) is 0 Å². The van der Waals surface area contributed by atoms with Crippen molar-refractivity contribution in [1.29, 1.82) is 0 Å². The number of hydrogen-bond acceptors (Lipinski definition) is 3. The first-order valence-electron chi connectivity index (χ1n) is 8.34. The summed E-state index contributed by atoms with van der Waals surface area (Å²) < 4.78 is 6.04. The summed E-state index contributed by atoms with van der Waals surface area (Å²) in [5.41, 5.74) is 0.898. The highest BCUT2D eigenvalue weighted by Gasteiger charge is 2.39. The number of ether oxygens (including phenoxy) is 1. The lowest BCUT2D eigenvalue weighted by molar-refractivity contribution is -0.139. The van der Waals surface area contributed by atoms with Crippen LogP contribution in [-0.4, -0.2) is 42.1 Å². The molecule has 0 saturated carbocycles. The fraction of sp³-hybridized carbons (Fsp3) is 0.611. The Morgan fingerprint density at radius 2 is 1.95 bits per heavy atom. The first-order chi connectivity index (χ1) is 10.6. The van der Waals surface area contributed by atoms with Gasteiger partial charge in [-0.05, 0) is 45.4 Å². The molecular formula is C18H26N2O2. The molecule has 22 heavy (non-hydrogen) atoms. The molecule has 120 valence electrons. The molecule has 4 nitrogen and oxygen atoms in total. The summed E-state index contributed by atoms with van der Waals surface area (Å²) in [6, 6.07) is 8.19. The first-order valence-corrected chi connectivity index (χ1v) is 8.34. The highest BCUT2D eigenvalue weighted by molar-refractivity contribution is 5.86. The van der Waals surface area contributed by atoms with Gasteiger partial charge in [0, 0.05) is 25.9 Å². The lowest BCUT2D eigenvalue weighted by atomic mass is 9.96. The molecule has 0 aliphatic carbocycles. The van der Waals surface area contributed by atoms with Crippen LogP contribution in [0.5, 0.6) is 5.75 Å². The predicted octanol–water partition coefficient (Wildman–Crippen LogP) is 2.51. The fourth-order valence-corrected chi connectivity index (χ4v) is 3.41. The fourth-order valence-electron chi connectivity index (χ4n) is 3.41. The van der Waals surface area contributed by atoms with Crippen molar-refractivity contribution in [3.63, 3.8) is 0 Å². The number of benzene rings is 1. The van der Waals surface area contributed by atoms with Gasteiger partial charge in [-0.1, -0.05) is 17.7 Å². The number of rotatable bonds is 3. The summed E-state index contributed by atoms with van der Waals surface area (Å²) >= 11 is 0.